The second kappa shape index (κ2) is 7.93. The molecule has 0 bridgehead atoms. The Balaban J connectivity index is 1.73. The number of aromatic hydroxyl groups is 1. The standard InChI is InChI=1S/C21H18ClN3O3S/c1-25-19-18(15(10-17(27)23-19)12-6-4-7-14(26)9-12)20(28)24-21(25)29-11-13-5-2-3-8-16(13)22/h2-9,15,26H,10-11H2,1H3,(H,23,27). The molecule has 0 spiro atoms. The molecule has 0 saturated heterocycles. The number of carbonyl (C=O) groups is 1. The van der Waals surface area contributed by atoms with Crippen molar-refractivity contribution in [2.24, 2.45) is 7.05 Å². The third-order valence-corrected chi connectivity index (χ3v) is 6.34. The van der Waals surface area contributed by atoms with Crippen molar-refractivity contribution in [3.05, 3.63) is 80.6 Å². The molecule has 29 heavy (non-hydrogen) atoms. The van der Waals surface area contributed by atoms with Gasteiger partial charge in [-0.05, 0) is 29.3 Å². The maximum absolute atomic E-state index is 12.9. The summed E-state index contributed by atoms with van der Waals surface area (Å²) in [5.74, 6) is 0.430. The molecule has 0 radical (unpaired) electrons. The minimum atomic E-state index is -0.459. The summed E-state index contributed by atoms with van der Waals surface area (Å²) >= 11 is 7.59. The number of rotatable bonds is 4. The molecule has 6 nitrogen and oxygen atoms in total. The van der Waals surface area contributed by atoms with Gasteiger partial charge in [-0.25, -0.2) is 0 Å². The number of phenolic OH excluding ortho intramolecular Hbond substituents is 1. The molecule has 1 aromatic heterocycles. The molecular formula is C21H18ClN3O3S. The third-order valence-electron chi connectivity index (χ3n) is 4.89. The lowest BCUT2D eigenvalue weighted by molar-refractivity contribution is -0.116. The molecule has 1 amide bonds. The van der Waals surface area contributed by atoms with Crippen molar-refractivity contribution in [1.82, 2.24) is 9.55 Å². The zero-order chi connectivity index (χ0) is 20.5. The molecule has 2 heterocycles. The Hall–Kier alpha value is -2.77. The number of fused-ring (bicyclic) bond motifs is 1. The lowest BCUT2D eigenvalue weighted by Gasteiger charge is -2.27. The van der Waals surface area contributed by atoms with E-state index in [-0.39, 0.29) is 23.6 Å². The van der Waals surface area contributed by atoms with Gasteiger partial charge in [0.2, 0.25) is 5.91 Å². The van der Waals surface area contributed by atoms with Crippen molar-refractivity contribution in [1.29, 1.82) is 0 Å². The highest BCUT2D eigenvalue weighted by Crippen LogP contribution is 2.37. The Kier molecular flexibility index (Phi) is 5.34. The number of anilines is 1. The molecule has 1 unspecified atom stereocenters. The van der Waals surface area contributed by atoms with E-state index in [0.29, 0.717) is 32.9 Å². The topological polar surface area (TPSA) is 84.2 Å². The Morgan fingerprint density at radius 3 is 2.79 bits per heavy atom. The van der Waals surface area contributed by atoms with Crippen LogP contribution < -0.4 is 10.9 Å². The van der Waals surface area contributed by atoms with Crippen LogP contribution in [0.25, 0.3) is 0 Å². The zero-order valence-electron chi connectivity index (χ0n) is 15.6. The predicted molar refractivity (Wildman–Crippen MR) is 114 cm³/mol. The van der Waals surface area contributed by atoms with Crippen LogP contribution in [0.3, 0.4) is 0 Å². The van der Waals surface area contributed by atoms with E-state index in [1.54, 1.807) is 35.9 Å². The van der Waals surface area contributed by atoms with Crippen LogP contribution in [0, 0.1) is 0 Å². The van der Waals surface area contributed by atoms with Gasteiger partial charge >= 0.3 is 0 Å². The summed E-state index contributed by atoms with van der Waals surface area (Å²) in [5, 5.41) is 13.8. The molecule has 1 aliphatic heterocycles. The summed E-state index contributed by atoms with van der Waals surface area (Å²) in [7, 11) is 1.77. The SMILES string of the molecule is Cn1c(SCc2ccccc2Cl)nc(=O)c2c1NC(=O)CC2c1cccc(O)c1. The first-order valence-electron chi connectivity index (χ1n) is 9.00. The van der Waals surface area contributed by atoms with E-state index >= 15 is 0 Å². The molecule has 2 aromatic carbocycles. The van der Waals surface area contributed by atoms with Gasteiger partial charge < -0.3 is 15.0 Å². The van der Waals surface area contributed by atoms with Crippen LogP contribution in [0.15, 0.2) is 58.5 Å². The van der Waals surface area contributed by atoms with E-state index in [1.165, 1.54) is 11.8 Å². The fraction of sp³-hybridized carbons (Fsp3) is 0.190. The van der Waals surface area contributed by atoms with Crippen molar-refractivity contribution in [3.8, 4) is 5.75 Å². The van der Waals surface area contributed by atoms with Gasteiger partial charge in [0.05, 0.1) is 5.56 Å². The lowest BCUT2D eigenvalue weighted by Crippen LogP contribution is -2.33. The van der Waals surface area contributed by atoms with Crippen LogP contribution in [-0.4, -0.2) is 20.6 Å². The molecule has 148 valence electrons. The number of carbonyl (C=O) groups excluding carboxylic acids is 1. The number of thioether (sulfide) groups is 1. The highest BCUT2D eigenvalue weighted by atomic mass is 35.5. The third kappa shape index (κ3) is 3.88. The van der Waals surface area contributed by atoms with Gasteiger partial charge in [-0.1, -0.05) is 53.7 Å². The Morgan fingerprint density at radius 2 is 2.03 bits per heavy atom. The summed E-state index contributed by atoms with van der Waals surface area (Å²) in [6, 6.07) is 14.1. The number of phenols is 1. The predicted octanol–water partition coefficient (Wildman–Crippen LogP) is 3.91. The van der Waals surface area contributed by atoms with Crippen LogP contribution >= 0.6 is 23.4 Å². The highest BCUT2D eigenvalue weighted by molar-refractivity contribution is 7.98. The minimum absolute atomic E-state index is 0.0896. The van der Waals surface area contributed by atoms with E-state index < -0.39 is 5.92 Å². The van der Waals surface area contributed by atoms with Crippen molar-refractivity contribution in [2.45, 2.75) is 23.2 Å². The van der Waals surface area contributed by atoms with Gasteiger partial charge in [0, 0.05) is 30.2 Å². The van der Waals surface area contributed by atoms with Crippen LogP contribution in [-0.2, 0) is 17.6 Å². The van der Waals surface area contributed by atoms with Crippen LogP contribution in [0.1, 0.15) is 29.0 Å². The number of aromatic nitrogens is 2. The molecule has 4 rings (SSSR count). The van der Waals surface area contributed by atoms with Gasteiger partial charge in [0.1, 0.15) is 11.6 Å². The molecule has 8 heteroatoms. The number of hydrogen-bond acceptors (Lipinski definition) is 5. The van der Waals surface area contributed by atoms with Crippen molar-refractivity contribution < 1.29 is 9.90 Å². The summed E-state index contributed by atoms with van der Waals surface area (Å²) in [5.41, 5.74) is 1.69. The first-order valence-corrected chi connectivity index (χ1v) is 10.4. The Labute approximate surface area is 176 Å². The molecule has 1 atom stereocenters. The Bertz CT molecular complexity index is 1160. The molecule has 0 saturated carbocycles. The summed E-state index contributed by atoms with van der Waals surface area (Å²) in [6.07, 6.45) is 0.124. The number of benzene rings is 2. The molecule has 0 aliphatic carbocycles. The van der Waals surface area contributed by atoms with E-state index in [0.717, 1.165) is 5.56 Å². The smallest absolute Gasteiger partial charge is 0.279 e. The first-order chi connectivity index (χ1) is 13.9. The van der Waals surface area contributed by atoms with Gasteiger partial charge in [0.15, 0.2) is 5.16 Å². The number of nitrogens with zero attached hydrogens (tertiary/aromatic N) is 2. The maximum atomic E-state index is 12.9. The fourth-order valence-corrected chi connectivity index (χ4v) is 4.70. The molecule has 3 aromatic rings. The number of halogens is 1. The normalized spacial score (nSPS) is 15.7. The quantitative estimate of drug-likeness (QED) is 0.487. The van der Waals surface area contributed by atoms with Crippen LogP contribution in [0.4, 0.5) is 5.82 Å². The highest BCUT2D eigenvalue weighted by Gasteiger charge is 2.32. The van der Waals surface area contributed by atoms with Crippen molar-refractivity contribution >= 4 is 35.1 Å². The first kappa shape index (κ1) is 19.5. The summed E-state index contributed by atoms with van der Waals surface area (Å²) in [6.45, 7) is 0. The summed E-state index contributed by atoms with van der Waals surface area (Å²) in [4.78, 5) is 29.5. The molecule has 0 fully saturated rings. The summed E-state index contributed by atoms with van der Waals surface area (Å²) < 4.78 is 1.73. The van der Waals surface area contributed by atoms with E-state index in [9.17, 15) is 14.7 Å². The lowest BCUT2D eigenvalue weighted by atomic mass is 9.86. The largest absolute Gasteiger partial charge is 0.508 e. The average Bonchev–Trinajstić information content (AvgIpc) is 2.70. The number of nitrogens with one attached hydrogen (secondary N) is 1. The molecular weight excluding hydrogens is 410 g/mol. The zero-order valence-corrected chi connectivity index (χ0v) is 17.1. The number of hydrogen-bond donors (Lipinski definition) is 2. The minimum Gasteiger partial charge on any atom is -0.508 e. The van der Waals surface area contributed by atoms with Crippen LogP contribution in [0.5, 0.6) is 5.75 Å². The van der Waals surface area contributed by atoms with Gasteiger partial charge in [-0.15, -0.1) is 0 Å². The molecule has 1 aliphatic rings. The number of amides is 1. The van der Waals surface area contributed by atoms with Gasteiger partial charge in [-0.2, -0.15) is 4.98 Å². The van der Waals surface area contributed by atoms with E-state index in [1.807, 2.05) is 24.3 Å². The maximum Gasteiger partial charge on any atom is 0.279 e. The monoisotopic (exact) mass is 427 g/mol. The van der Waals surface area contributed by atoms with E-state index in [4.69, 9.17) is 11.6 Å². The van der Waals surface area contributed by atoms with Gasteiger partial charge in [-0.3, -0.25) is 9.59 Å². The molecule has 2 N–H and O–H groups in total. The Morgan fingerprint density at radius 1 is 1.24 bits per heavy atom. The second-order valence-electron chi connectivity index (χ2n) is 6.80. The average molecular weight is 428 g/mol. The van der Waals surface area contributed by atoms with Crippen LogP contribution in [0.2, 0.25) is 5.02 Å². The second-order valence-corrected chi connectivity index (χ2v) is 8.15. The van der Waals surface area contributed by atoms with Crippen molar-refractivity contribution in [3.63, 3.8) is 0 Å². The van der Waals surface area contributed by atoms with E-state index in [2.05, 4.69) is 10.3 Å². The fourth-order valence-electron chi connectivity index (χ4n) is 3.45. The van der Waals surface area contributed by atoms with Crippen molar-refractivity contribution in [2.75, 3.05) is 5.32 Å². The van der Waals surface area contributed by atoms with Gasteiger partial charge in [0.25, 0.3) is 5.56 Å².